The van der Waals surface area contributed by atoms with Gasteiger partial charge in [-0.05, 0) is 26.8 Å². The Labute approximate surface area is 111 Å². The molecule has 1 aliphatic heterocycles. The third kappa shape index (κ3) is 3.95. The molecule has 0 radical (unpaired) electrons. The van der Waals surface area contributed by atoms with E-state index in [-0.39, 0.29) is 12.0 Å². The van der Waals surface area contributed by atoms with Crippen LogP contribution in [0.15, 0.2) is 0 Å². The molecule has 0 aromatic rings. The highest BCUT2D eigenvalue weighted by Gasteiger charge is 2.32. The van der Waals surface area contributed by atoms with Crippen LogP contribution in [0.3, 0.4) is 0 Å². The van der Waals surface area contributed by atoms with Crippen LogP contribution >= 0.6 is 0 Å². The van der Waals surface area contributed by atoms with Gasteiger partial charge >= 0.3 is 5.97 Å². The van der Waals surface area contributed by atoms with Crippen LogP contribution in [-0.4, -0.2) is 61.1 Å². The van der Waals surface area contributed by atoms with Crippen LogP contribution in [0.5, 0.6) is 0 Å². The van der Waals surface area contributed by atoms with Crippen LogP contribution in [-0.2, 0) is 9.53 Å². The second-order valence-electron chi connectivity index (χ2n) is 5.09. The van der Waals surface area contributed by atoms with Crippen LogP contribution in [0, 0.1) is 0 Å². The van der Waals surface area contributed by atoms with Gasteiger partial charge in [0.1, 0.15) is 6.04 Å². The Hall–Kier alpha value is -0.610. The van der Waals surface area contributed by atoms with E-state index in [1.54, 1.807) is 0 Å². The lowest BCUT2D eigenvalue weighted by Crippen LogP contribution is -2.56. The van der Waals surface area contributed by atoms with Gasteiger partial charge < -0.3 is 9.64 Å². The lowest BCUT2D eigenvalue weighted by atomic mass is 10.0. The number of carbonyl (C=O) groups is 1. The summed E-state index contributed by atoms with van der Waals surface area (Å²) in [4.78, 5) is 16.7. The predicted molar refractivity (Wildman–Crippen MR) is 73.6 cm³/mol. The number of nitrogens with zero attached hydrogens (tertiary/aromatic N) is 2. The summed E-state index contributed by atoms with van der Waals surface area (Å²) in [5.41, 5.74) is 0. The van der Waals surface area contributed by atoms with Crippen molar-refractivity contribution in [2.75, 3.05) is 33.3 Å². The van der Waals surface area contributed by atoms with Crippen molar-refractivity contribution in [1.82, 2.24) is 9.80 Å². The first kappa shape index (κ1) is 15.4. The quantitative estimate of drug-likeness (QED) is 0.678. The maximum Gasteiger partial charge on any atom is 0.323 e. The highest BCUT2D eigenvalue weighted by Crippen LogP contribution is 2.17. The molecule has 2 unspecified atom stereocenters. The van der Waals surface area contributed by atoms with Crippen molar-refractivity contribution in [3.8, 4) is 0 Å². The average Bonchev–Trinajstić information content (AvgIpc) is 2.37. The zero-order valence-corrected chi connectivity index (χ0v) is 12.3. The van der Waals surface area contributed by atoms with E-state index in [2.05, 4.69) is 30.7 Å². The van der Waals surface area contributed by atoms with Crippen LogP contribution in [0.1, 0.15) is 40.0 Å². The first-order chi connectivity index (χ1) is 8.63. The SMILES string of the molecule is CCCC(C(=O)OCC)N1CCN(C)C(CC)C1. The van der Waals surface area contributed by atoms with Crippen molar-refractivity contribution < 1.29 is 9.53 Å². The Bertz CT molecular complexity index is 258. The third-order valence-electron chi connectivity index (χ3n) is 3.84. The molecule has 4 nitrogen and oxygen atoms in total. The number of rotatable bonds is 6. The molecule has 0 aromatic heterocycles. The van der Waals surface area contributed by atoms with E-state index in [0.29, 0.717) is 12.6 Å². The molecule has 106 valence electrons. The van der Waals surface area contributed by atoms with Crippen molar-refractivity contribution in [3.05, 3.63) is 0 Å². The zero-order chi connectivity index (χ0) is 13.5. The largest absolute Gasteiger partial charge is 0.465 e. The molecule has 0 bridgehead atoms. The van der Waals surface area contributed by atoms with Gasteiger partial charge in [0.25, 0.3) is 0 Å². The summed E-state index contributed by atoms with van der Waals surface area (Å²) in [6.45, 7) is 9.68. The number of likely N-dealkylation sites (N-methyl/N-ethyl adjacent to an activating group) is 1. The molecule has 1 rings (SSSR count). The molecule has 4 heteroatoms. The van der Waals surface area contributed by atoms with Gasteiger partial charge in [0.05, 0.1) is 6.61 Å². The number of hydrogen-bond acceptors (Lipinski definition) is 4. The summed E-state index contributed by atoms with van der Waals surface area (Å²) in [7, 11) is 2.17. The summed E-state index contributed by atoms with van der Waals surface area (Å²) < 4.78 is 5.21. The van der Waals surface area contributed by atoms with Crippen molar-refractivity contribution in [1.29, 1.82) is 0 Å². The lowest BCUT2D eigenvalue weighted by molar-refractivity contribution is -0.151. The van der Waals surface area contributed by atoms with Crippen LogP contribution in [0.2, 0.25) is 0 Å². The summed E-state index contributed by atoms with van der Waals surface area (Å²) >= 11 is 0. The Morgan fingerprint density at radius 2 is 2.06 bits per heavy atom. The van der Waals surface area contributed by atoms with E-state index in [1.165, 1.54) is 0 Å². The highest BCUT2D eigenvalue weighted by atomic mass is 16.5. The average molecular weight is 256 g/mol. The zero-order valence-electron chi connectivity index (χ0n) is 12.3. The molecule has 0 saturated carbocycles. The molecule has 1 aliphatic rings. The van der Waals surface area contributed by atoms with Crippen molar-refractivity contribution >= 4 is 5.97 Å². The molecular weight excluding hydrogens is 228 g/mol. The summed E-state index contributed by atoms with van der Waals surface area (Å²) in [6.07, 6.45) is 3.06. The first-order valence-corrected chi connectivity index (χ1v) is 7.24. The van der Waals surface area contributed by atoms with Gasteiger partial charge in [-0.3, -0.25) is 9.69 Å². The third-order valence-corrected chi connectivity index (χ3v) is 3.84. The molecule has 0 spiro atoms. The smallest absolute Gasteiger partial charge is 0.323 e. The Balaban J connectivity index is 2.64. The molecule has 18 heavy (non-hydrogen) atoms. The Morgan fingerprint density at radius 3 is 2.61 bits per heavy atom. The number of ether oxygens (including phenoxy) is 1. The first-order valence-electron chi connectivity index (χ1n) is 7.24. The fraction of sp³-hybridized carbons (Fsp3) is 0.929. The molecule has 1 fully saturated rings. The monoisotopic (exact) mass is 256 g/mol. The van der Waals surface area contributed by atoms with E-state index >= 15 is 0 Å². The van der Waals surface area contributed by atoms with E-state index in [1.807, 2.05) is 6.92 Å². The summed E-state index contributed by atoms with van der Waals surface area (Å²) in [6, 6.07) is 0.519. The predicted octanol–water partition coefficient (Wildman–Crippen LogP) is 1.74. The second-order valence-corrected chi connectivity index (χ2v) is 5.09. The minimum atomic E-state index is -0.0438. The van der Waals surface area contributed by atoms with Gasteiger partial charge in [-0.15, -0.1) is 0 Å². The van der Waals surface area contributed by atoms with Gasteiger partial charge in [-0.2, -0.15) is 0 Å². The number of piperazine rings is 1. The maximum atomic E-state index is 12.0. The molecule has 2 atom stereocenters. The second kappa shape index (κ2) is 7.74. The van der Waals surface area contributed by atoms with Gasteiger partial charge in [0.15, 0.2) is 0 Å². The van der Waals surface area contributed by atoms with Crippen molar-refractivity contribution in [2.45, 2.75) is 52.1 Å². The number of hydrogen-bond donors (Lipinski definition) is 0. The van der Waals surface area contributed by atoms with Crippen LogP contribution in [0.25, 0.3) is 0 Å². The Morgan fingerprint density at radius 1 is 1.33 bits per heavy atom. The van der Waals surface area contributed by atoms with Gasteiger partial charge in [0, 0.05) is 25.7 Å². The highest BCUT2D eigenvalue weighted by molar-refractivity contribution is 5.75. The fourth-order valence-corrected chi connectivity index (χ4v) is 2.66. The van der Waals surface area contributed by atoms with Gasteiger partial charge in [-0.1, -0.05) is 20.3 Å². The lowest BCUT2D eigenvalue weighted by Gasteiger charge is -2.42. The van der Waals surface area contributed by atoms with Gasteiger partial charge in [-0.25, -0.2) is 0 Å². The molecular formula is C14H28N2O2. The van der Waals surface area contributed by atoms with E-state index in [9.17, 15) is 4.79 Å². The van der Waals surface area contributed by atoms with Crippen molar-refractivity contribution in [3.63, 3.8) is 0 Å². The van der Waals surface area contributed by atoms with E-state index in [0.717, 1.165) is 38.9 Å². The molecule has 1 heterocycles. The van der Waals surface area contributed by atoms with Gasteiger partial charge in [0.2, 0.25) is 0 Å². The summed E-state index contributed by atoms with van der Waals surface area (Å²) in [5, 5.41) is 0. The Kier molecular flexibility index (Phi) is 6.65. The molecule has 0 aliphatic carbocycles. The molecule has 0 aromatic carbocycles. The molecule has 0 N–H and O–H groups in total. The van der Waals surface area contributed by atoms with Crippen molar-refractivity contribution in [2.24, 2.45) is 0 Å². The van der Waals surface area contributed by atoms with Crippen LogP contribution in [0.4, 0.5) is 0 Å². The van der Waals surface area contributed by atoms with E-state index in [4.69, 9.17) is 4.74 Å². The normalized spacial score (nSPS) is 23.9. The topological polar surface area (TPSA) is 32.8 Å². The standard InChI is InChI=1S/C14H28N2O2/c1-5-8-13(14(17)18-7-3)16-10-9-15(4)12(6-2)11-16/h12-13H,5-11H2,1-4H3. The summed E-state index contributed by atoms with van der Waals surface area (Å²) in [5.74, 6) is -0.0428. The maximum absolute atomic E-state index is 12.0. The number of carbonyl (C=O) groups excluding carboxylic acids is 1. The molecule has 1 saturated heterocycles. The van der Waals surface area contributed by atoms with E-state index < -0.39 is 0 Å². The van der Waals surface area contributed by atoms with Crippen LogP contribution < -0.4 is 0 Å². The number of esters is 1. The molecule has 0 amide bonds. The minimum absolute atomic E-state index is 0.0428. The fourth-order valence-electron chi connectivity index (χ4n) is 2.66. The minimum Gasteiger partial charge on any atom is -0.465 e.